The van der Waals surface area contributed by atoms with Gasteiger partial charge in [0.1, 0.15) is 10.2 Å². The first-order valence-electron chi connectivity index (χ1n) is 3.76. The second-order valence-corrected chi connectivity index (χ2v) is 3.38. The quantitative estimate of drug-likeness (QED) is 0.605. The van der Waals surface area contributed by atoms with E-state index in [1.54, 1.807) is 0 Å². The van der Waals surface area contributed by atoms with Gasteiger partial charge in [0.25, 0.3) is 5.56 Å². The molecule has 0 atom stereocenters. The van der Waals surface area contributed by atoms with E-state index in [0.717, 1.165) is 6.54 Å². The van der Waals surface area contributed by atoms with E-state index in [2.05, 4.69) is 15.3 Å². The molecule has 0 aromatic carbocycles. The SMILES string of the molecule is CNCCOc1nc[nH]c(=O)c1I. The predicted octanol–water partition coefficient (Wildman–Crippen LogP) is -0.0273. The van der Waals surface area contributed by atoms with Crippen LogP contribution in [0.1, 0.15) is 0 Å². The molecule has 0 radical (unpaired) electrons. The molecule has 0 aliphatic heterocycles. The van der Waals surface area contributed by atoms with Gasteiger partial charge in [0, 0.05) is 6.54 Å². The molecule has 2 N–H and O–H groups in total. The van der Waals surface area contributed by atoms with Crippen molar-refractivity contribution in [2.45, 2.75) is 0 Å². The van der Waals surface area contributed by atoms with Gasteiger partial charge in [0.15, 0.2) is 0 Å². The standard InChI is InChI=1S/C7H10IN3O2/c1-9-2-3-13-7-5(8)6(12)10-4-11-7/h4,9H,2-3H2,1H3,(H,10,11,12). The molecule has 72 valence electrons. The number of halogens is 1. The van der Waals surface area contributed by atoms with Gasteiger partial charge in [0.05, 0.1) is 6.33 Å². The summed E-state index contributed by atoms with van der Waals surface area (Å²) in [5, 5.41) is 2.93. The number of nitrogens with one attached hydrogen (secondary N) is 2. The fourth-order valence-electron chi connectivity index (χ4n) is 0.717. The molecule has 13 heavy (non-hydrogen) atoms. The van der Waals surface area contributed by atoms with E-state index < -0.39 is 0 Å². The number of rotatable bonds is 4. The fourth-order valence-corrected chi connectivity index (χ4v) is 1.17. The first kappa shape index (κ1) is 10.5. The van der Waals surface area contributed by atoms with Crippen LogP contribution in [-0.2, 0) is 0 Å². The minimum atomic E-state index is -0.171. The maximum absolute atomic E-state index is 11.1. The van der Waals surface area contributed by atoms with Crippen LogP contribution < -0.4 is 15.6 Å². The Morgan fingerprint density at radius 2 is 2.54 bits per heavy atom. The summed E-state index contributed by atoms with van der Waals surface area (Å²) in [6.07, 6.45) is 1.33. The van der Waals surface area contributed by atoms with Gasteiger partial charge in [0.2, 0.25) is 5.88 Å². The minimum Gasteiger partial charge on any atom is -0.475 e. The second kappa shape index (κ2) is 5.18. The van der Waals surface area contributed by atoms with Crippen molar-refractivity contribution in [1.82, 2.24) is 15.3 Å². The van der Waals surface area contributed by atoms with Gasteiger partial charge in [-0.3, -0.25) is 4.79 Å². The minimum absolute atomic E-state index is 0.171. The zero-order valence-electron chi connectivity index (χ0n) is 7.13. The lowest BCUT2D eigenvalue weighted by Gasteiger charge is -2.04. The molecule has 1 rings (SSSR count). The average Bonchev–Trinajstić information content (AvgIpc) is 2.13. The first-order chi connectivity index (χ1) is 6.25. The molecule has 0 unspecified atom stereocenters. The van der Waals surface area contributed by atoms with E-state index >= 15 is 0 Å². The zero-order valence-corrected chi connectivity index (χ0v) is 9.29. The largest absolute Gasteiger partial charge is 0.475 e. The van der Waals surface area contributed by atoms with Crippen molar-refractivity contribution in [3.05, 3.63) is 20.3 Å². The maximum Gasteiger partial charge on any atom is 0.268 e. The van der Waals surface area contributed by atoms with E-state index in [9.17, 15) is 4.79 Å². The van der Waals surface area contributed by atoms with E-state index in [1.807, 2.05) is 29.6 Å². The summed E-state index contributed by atoms with van der Waals surface area (Å²) in [7, 11) is 1.83. The molecule has 1 aromatic heterocycles. The van der Waals surface area contributed by atoms with Crippen molar-refractivity contribution in [3.63, 3.8) is 0 Å². The first-order valence-corrected chi connectivity index (χ1v) is 4.84. The Bertz CT molecular complexity index is 326. The average molecular weight is 295 g/mol. The van der Waals surface area contributed by atoms with Gasteiger partial charge in [-0.1, -0.05) is 0 Å². The molecule has 0 aliphatic carbocycles. The Kier molecular flexibility index (Phi) is 4.16. The number of hydrogen-bond donors (Lipinski definition) is 2. The Morgan fingerprint density at radius 3 is 3.23 bits per heavy atom. The molecule has 5 nitrogen and oxygen atoms in total. The Labute approximate surface area is 89.1 Å². The Balaban J connectivity index is 2.66. The van der Waals surface area contributed by atoms with Crippen molar-refractivity contribution >= 4 is 22.6 Å². The monoisotopic (exact) mass is 295 g/mol. The summed E-state index contributed by atoms with van der Waals surface area (Å²) < 4.78 is 5.74. The maximum atomic E-state index is 11.1. The van der Waals surface area contributed by atoms with Gasteiger partial charge in [-0.15, -0.1) is 0 Å². The van der Waals surface area contributed by atoms with Crippen molar-refractivity contribution in [2.75, 3.05) is 20.2 Å². The highest BCUT2D eigenvalue weighted by atomic mass is 127. The van der Waals surface area contributed by atoms with Crippen molar-refractivity contribution in [1.29, 1.82) is 0 Å². The molecule has 0 spiro atoms. The van der Waals surface area contributed by atoms with Gasteiger partial charge < -0.3 is 15.0 Å². The van der Waals surface area contributed by atoms with Crippen LogP contribution in [0, 0.1) is 3.57 Å². The number of ether oxygens (including phenoxy) is 1. The summed E-state index contributed by atoms with van der Waals surface area (Å²) in [5.41, 5.74) is -0.171. The van der Waals surface area contributed by atoms with Crippen LogP contribution in [0.5, 0.6) is 5.88 Å². The summed E-state index contributed by atoms with van der Waals surface area (Å²) in [4.78, 5) is 17.4. The van der Waals surface area contributed by atoms with E-state index in [1.165, 1.54) is 6.33 Å². The molecule has 6 heteroatoms. The smallest absolute Gasteiger partial charge is 0.268 e. The van der Waals surface area contributed by atoms with Crippen LogP contribution in [0.15, 0.2) is 11.1 Å². The molecular weight excluding hydrogens is 285 g/mol. The van der Waals surface area contributed by atoms with Gasteiger partial charge >= 0.3 is 0 Å². The fraction of sp³-hybridized carbons (Fsp3) is 0.429. The summed E-state index contributed by atoms with van der Waals surface area (Å²) in [6.45, 7) is 1.23. The number of hydrogen-bond acceptors (Lipinski definition) is 4. The highest BCUT2D eigenvalue weighted by Crippen LogP contribution is 2.10. The molecule has 1 aromatic rings. The highest BCUT2D eigenvalue weighted by molar-refractivity contribution is 14.1. The van der Waals surface area contributed by atoms with Crippen LogP contribution in [0.25, 0.3) is 0 Å². The number of aromatic amines is 1. The third-order valence-electron chi connectivity index (χ3n) is 1.36. The molecule has 0 bridgehead atoms. The summed E-state index contributed by atoms with van der Waals surface area (Å²) in [5.74, 6) is 0.389. The molecule has 0 amide bonds. The Morgan fingerprint density at radius 1 is 1.77 bits per heavy atom. The van der Waals surface area contributed by atoms with Gasteiger partial charge in [-0.25, -0.2) is 4.98 Å². The molecular formula is C7H10IN3O2. The molecule has 0 aliphatic rings. The number of H-pyrrole nitrogens is 1. The summed E-state index contributed by atoms with van der Waals surface area (Å²) >= 11 is 1.91. The topological polar surface area (TPSA) is 67.0 Å². The van der Waals surface area contributed by atoms with Crippen LogP contribution in [0.3, 0.4) is 0 Å². The van der Waals surface area contributed by atoms with Crippen molar-refractivity contribution < 1.29 is 4.74 Å². The zero-order chi connectivity index (χ0) is 9.68. The van der Waals surface area contributed by atoms with Gasteiger partial charge in [-0.05, 0) is 29.6 Å². The van der Waals surface area contributed by atoms with Crippen LogP contribution in [0.2, 0.25) is 0 Å². The molecule has 1 heterocycles. The van der Waals surface area contributed by atoms with Crippen LogP contribution in [-0.4, -0.2) is 30.2 Å². The molecule has 0 saturated carbocycles. The lowest BCUT2D eigenvalue weighted by molar-refractivity contribution is 0.303. The number of likely N-dealkylation sites (N-methyl/N-ethyl adjacent to an activating group) is 1. The van der Waals surface area contributed by atoms with Gasteiger partial charge in [-0.2, -0.15) is 0 Å². The van der Waals surface area contributed by atoms with E-state index in [4.69, 9.17) is 4.74 Å². The lowest BCUT2D eigenvalue weighted by atomic mass is 10.6. The number of nitrogens with zero attached hydrogens (tertiary/aromatic N) is 1. The molecule has 0 fully saturated rings. The second-order valence-electron chi connectivity index (χ2n) is 2.30. The molecule has 0 saturated heterocycles. The van der Waals surface area contributed by atoms with Crippen LogP contribution >= 0.6 is 22.6 Å². The number of aromatic nitrogens is 2. The van der Waals surface area contributed by atoms with Crippen LogP contribution in [0.4, 0.5) is 0 Å². The third-order valence-corrected chi connectivity index (χ3v) is 2.31. The van der Waals surface area contributed by atoms with Crippen molar-refractivity contribution in [3.8, 4) is 5.88 Å². The lowest BCUT2D eigenvalue weighted by Crippen LogP contribution is -2.19. The van der Waals surface area contributed by atoms with Crippen molar-refractivity contribution in [2.24, 2.45) is 0 Å². The van der Waals surface area contributed by atoms with E-state index in [0.29, 0.717) is 16.1 Å². The third kappa shape index (κ3) is 2.96. The highest BCUT2D eigenvalue weighted by Gasteiger charge is 2.04. The Hall–Kier alpha value is -0.630. The predicted molar refractivity (Wildman–Crippen MR) is 57.0 cm³/mol. The van der Waals surface area contributed by atoms with E-state index in [-0.39, 0.29) is 5.56 Å². The normalized spacial score (nSPS) is 10.0. The summed E-state index contributed by atoms with van der Waals surface area (Å²) in [6, 6.07) is 0.